The Labute approximate surface area is 321 Å². The van der Waals surface area contributed by atoms with Gasteiger partial charge in [-0.05, 0) is 67.3 Å². The summed E-state index contributed by atoms with van der Waals surface area (Å²) in [6, 6.07) is 9.53. The van der Waals surface area contributed by atoms with Gasteiger partial charge in [0.05, 0.1) is 60.8 Å². The number of amides is 2. The van der Waals surface area contributed by atoms with Gasteiger partial charge in [-0.2, -0.15) is 13.2 Å². The van der Waals surface area contributed by atoms with Gasteiger partial charge in [0.25, 0.3) is 5.91 Å². The summed E-state index contributed by atoms with van der Waals surface area (Å²) < 4.78 is 58.1. The summed E-state index contributed by atoms with van der Waals surface area (Å²) in [5.41, 5.74) is 7.06. The van der Waals surface area contributed by atoms with Crippen LogP contribution in [0.15, 0.2) is 36.4 Å². The second kappa shape index (κ2) is 17.5. The van der Waals surface area contributed by atoms with E-state index in [4.69, 9.17) is 19.9 Å². The summed E-state index contributed by atoms with van der Waals surface area (Å²) in [5.74, 6) is 4.07. The molecule has 1 atom stereocenters. The van der Waals surface area contributed by atoms with Crippen LogP contribution in [-0.2, 0) is 25.5 Å². The van der Waals surface area contributed by atoms with Crippen LogP contribution in [0.3, 0.4) is 0 Å². The van der Waals surface area contributed by atoms with Crippen molar-refractivity contribution in [1.29, 1.82) is 0 Å². The molecule has 2 aromatic carbocycles. The van der Waals surface area contributed by atoms with Crippen molar-refractivity contribution in [2.24, 2.45) is 11.1 Å². The minimum absolute atomic E-state index is 0.0256. The van der Waals surface area contributed by atoms with Gasteiger partial charge in [-0.25, -0.2) is 4.79 Å². The van der Waals surface area contributed by atoms with Gasteiger partial charge in [0.2, 0.25) is 5.91 Å². The molecule has 12 nitrogen and oxygen atoms in total. The Morgan fingerprint density at radius 1 is 1.13 bits per heavy atom. The number of aliphatic hydroxyl groups excluding tert-OH is 1. The van der Waals surface area contributed by atoms with Crippen molar-refractivity contribution in [3.8, 4) is 17.6 Å². The number of carbonyl (C=O) groups is 3. The molecule has 3 aliphatic rings. The van der Waals surface area contributed by atoms with E-state index in [1.54, 1.807) is 18.2 Å². The number of nitrogens with one attached hydrogen (secondary N) is 3. The van der Waals surface area contributed by atoms with Crippen LogP contribution in [-0.4, -0.2) is 105 Å². The van der Waals surface area contributed by atoms with Crippen LogP contribution < -0.4 is 26.4 Å². The maximum absolute atomic E-state index is 13.9. The van der Waals surface area contributed by atoms with E-state index in [-0.39, 0.29) is 55.5 Å². The van der Waals surface area contributed by atoms with Crippen molar-refractivity contribution in [2.75, 3.05) is 63.8 Å². The number of nitrogens with two attached hydrogens (primary N) is 1. The number of fused-ring (bicyclic) bond motifs is 1. The van der Waals surface area contributed by atoms with Crippen molar-refractivity contribution < 1.29 is 46.9 Å². The number of thiophene rings is 1. The van der Waals surface area contributed by atoms with Crippen molar-refractivity contribution in [3.63, 3.8) is 0 Å². The van der Waals surface area contributed by atoms with Crippen LogP contribution >= 0.6 is 11.3 Å². The number of hydrogen-bond acceptors (Lipinski definition) is 11. The smallest absolute Gasteiger partial charge is 0.393 e. The molecular formula is C39H46F3N5O7S. The Bertz CT molecular complexity index is 1920. The SMILES string of the molecule is COC(=O)C(CCC(N)=O)NC(=O)c1ccc(NCC#Cc2sc3c(NC4CCC(N5CC6(COC6)C5)CC4)cccc3c2CC(F)(F)F)c(OCCO)c1. The number of aliphatic hydroxyl groups is 1. The molecule has 1 saturated carbocycles. The first-order valence-electron chi connectivity index (χ1n) is 18.3. The van der Waals surface area contributed by atoms with Crippen molar-refractivity contribution in [2.45, 2.75) is 69.2 Å². The zero-order valence-corrected chi connectivity index (χ0v) is 31.4. The number of alkyl halides is 3. The van der Waals surface area contributed by atoms with Crippen LogP contribution in [0.5, 0.6) is 5.75 Å². The molecule has 3 heterocycles. The van der Waals surface area contributed by atoms with Crippen molar-refractivity contribution in [3.05, 3.63) is 52.4 Å². The number of benzene rings is 2. The number of nitrogens with zero attached hydrogens (tertiary/aromatic N) is 1. The van der Waals surface area contributed by atoms with Gasteiger partial charge in [-0.1, -0.05) is 24.0 Å². The molecule has 2 aliphatic heterocycles. The molecule has 2 saturated heterocycles. The number of methoxy groups -OCH3 is 1. The molecule has 1 unspecified atom stereocenters. The number of primary amides is 1. The van der Waals surface area contributed by atoms with Crippen LogP contribution in [0.1, 0.15) is 59.3 Å². The summed E-state index contributed by atoms with van der Waals surface area (Å²) in [6.07, 6.45) is -1.62. The maximum Gasteiger partial charge on any atom is 0.393 e. The summed E-state index contributed by atoms with van der Waals surface area (Å²) in [4.78, 5) is 39.3. The van der Waals surface area contributed by atoms with Crippen LogP contribution in [0.2, 0.25) is 0 Å². The highest BCUT2D eigenvalue weighted by Crippen LogP contribution is 2.43. The molecule has 1 spiro atoms. The highest BCUT2D eigenvalue weighted by molar-refractivity contribution is 7.20. The van der Waals surface area contributed by atoms with E-state index in [9.17, 15) is 32.7 Å². The predicted molar refractivity (Wildman–Crippen MR) is 202 cm³/mol. The molecule has 3 aromatic rings. The monoisotopic (exact) mass is 785 g/mol. The fraction of sp³-hybridized carbons (Fsp3) is 0.513. The quantitative estimate of drug-likeness (QED) is 0.110. The van der Waals surface area contributed by atoms with E-state index in [0.717, 1.165) is 69.5 Å². The molecule has 6 rings (SSSR count). The molecule has 0 bridgehead atoms. The standard InChI is InChI=1S/C39H46F3N5O7S/c1-52-37(51)31(13-14-34(43)49)46-36(50)24-7-12-29(32(18-24)54-17-16-48)44-15-3-6-33-28(19-39(40,41)42)27-4-2-5-30(35(27)55-33)45-25-8-10-26(11-9-25)47-20-38(21-47)22-53-23-38/h2,4-5,7,12,18,25-26,31,44-45,48H,8-11,13-17,19-23H2,1H3,(H2,43,49)(H,46,50). The number of esters is 1. The zero-order valence-electron chi connectivity index (χ0n) is 30.6. The van der Waals surface area contributed by atoms with Crippen molar-refractivity contribution >= 4 is 50.6 Å². The molecule has 6 N–H and O–H groups in total. The minimum Gasteiger partial charge on any atom is -0.489 e. The van der Waals surface area contributed by atoms with E-state index in [1.165, 1.54) is 23.5 Å². The average molecular weight is 786 g/mol. The van der Waals surface area contributed by atoms with Gasteiger partial charge in [-0.15, -0.1) is 11.3 Å². The number of halogens is 3. The first kappa shape index (κ1) is 40.1. The lowest BCUT2D eigenvalue weighted by molar-refractivity contribution is -0.200. The lowest BCUT2D eigenvalue weighted by atomic mass is 9.75. The van der Waals surface area contributed by atoms with Gasteiger partial charge < -0.3 is 41.0 Å². The number of anilines is 2. The number of likely N-dealkylation sites (tertiary alicyclic amines) is 1. The van der Waals surface area contributed by atoms with Crippen LogP contribution in [0.4, 0.5) is 24.5 Å². The first-order valence-corrected chi connectivity index (χ1v) is 19.2. The van der Waals surface area contributed by atoms with E-state index < -0.39 is 36.4 Å². The molecule has 2 amide bonds. The topological polar surface area (TPSA) is 164 Å². The fourth-order valence-electron chi connectivity index (χ4n) is 7.48. The third kappa shape index (κ3) is 10.0. The second-order valence-corrected chi connectivity index (χ2v) is 15.4. The summed E-state index contributed by atoms with van der Waals surface area (Å²) in [7, 11) is 1.16. The third-order valence-electron chi connectivity index (χ3n) is 10.3. The first-order chi connectivity index (χ1) is 26.4. The van der Waals surface area contributed by atoms with E-state index in [2.05, 4.69) is 32.7 Å². The summed E-state index contributed by atoms with van der Waals surface area (Å²) in [5, 5.41) is 19.2. The van der Waals surface area contributed by atoms with E-state index in [0.29, 0.717) is 27.4 Å². The number of rotatable bonds is 15. The Morgan fingerprint density at radius 2 is 1.89 bits per heavy atom. The van der Waals surface area contributed by atoms with Gasteiger partial charge in [-0.3, -0.25) is 14.5 Å². The number of hydrogen-bond donors (Lipinski definition) is 5. The maximum atomic E-state index is 13.9. The van der Waals surface area contributed by atoms with E-state index >= 15 is 0 Å². The highest BCUT2D eigenvalue weighted by Gasteiger charge is 2.50. The molecule has 296 valence electrons. The minimum atomic E-state index is -4.43. The van der Waals surface area contributed by atoms with Crippen molar-refractivity contribution in [1.82, 2.24) is 10.2 Å². The highest BCUT2D eigenvalue weighted by atomic mass is 32.1. The second-order valence-electron chi connectivity index (χ2n) is 14.4. The fourth-order valence-corrected chi connectivity index (χ4v) is 8.65. The third-order valence-corrected chi connectivity index (χ3v) is 11.5. The lowest BCUT2D eigenvalue weighted by Gasteiger charge is -2.58. The predicted octanol–water partition coefficient (Wildman–Crippen LogP) is 4.43. The Morgan fingerprint density at radius 3 is 2.55 bits per heavy atom. The Kier molecular flexibility index (Phi) is 12.8. The van der Waals surface area contributed by atoms with Gasteiger partial charge in [0.15, 0.2) is 0 Å². The normalized spacial score (nSPS) is 19.7. The van der Waals surface area contributed by atoms with E-state index in [1.807, 2.05) is 6.07 Å². The Hall–Kier alpha value is -4.56. The molecule has 55 heavy (non-hydrogen) atoms. The molecular weight excluding hydrogens is 740 g/mol. The molecule has 3 fully saturated rings. The van der Waals surface area contributed by atoms with Crippen LogP contribution in [0, 0.1) is 17.3 Å². The average Bonchev–Trinajstić information content (AvgIpc) is 3.46. The summed E-state index contributed by atoms with van der Waals surface area (Å²) in [6.45, 7) is 3.57. The van der Waals surface area contributed by atoms with Gasteiger partial charge in [0.1, 0.15) is 18.4 Å². The zero-order chi connectivity index (χ0) is 39.2. The van der Waals surface area contributed by atoms with Crippen LogP contribution in [0.25, 0.3) is 10.1 Å². The summed E-state index contributed by atoms with van der Waals surface area (Å²) >= 11 is 1.25. The molecule has 1 aliphatic carbocycles. The molecule has 1 aromatic heterocycles. The van der Waals surface area contributed by atoms with Gasteiger partial charge >= 0.3 is 12.1 Å². The number of ether oxygens (including phenoxy) is 3. The molecule has 16 heteroatoms. The Balaban J connectivity index is 1.13. The largest absolute Gasteiger partial charge is 0.489 e. The van der Waals surface area contributed by atoms with Gasteiger partial charge in [0, 0.05) is 42.6 Å². The lowest BCUT2D eigenvalue weighted by Crippen LogP contribution is -2.68. The molecule has 0 radical (unpaired) electrons. The number of carbonyl (C=O) groups excluding carboxylic acids is 3.